The molecule has 2 atom stereocenters. The molecule has 1 aromatic carbocycles. The van der Waals surface area contributed by atoms with Crippen molar-refractivity contribution in [3.63, 3.8) is 0 Å². The van der Waals surface area contributed by atoms with E-state index in [1.54, 1.807) is 4.90 Å². The number of carbonyl (C=O) groups excluding carboxylic acids is 2. The highest BCUT2D eigenvalue weighted by Crippen LogP contribution is 2.27. The van der Waals surface area contributed by atoms with Crippen molar-refractivity contribution < 1.29 is 14.3 Å². The van der Waals surface area contributed by atoms with E-state index in [4.69, 9.17) is 4.74 Å². The Morgan fingerprint density at radius 3 is 2.76 bits per heavy atom. The van der Waals surface area contributed by atoms with Crippen LogP contribution in [-0.2, 0) is 9.59 Å². The van der Waals surface area contributed by atoms with Gasteiger partial charge in [0, 0.05) is 18.2 Å². The van der Waals surface area contributed by atoms with Gasteiger partial charge >= 0.3 is 11.8 Å². The SMILES string of the molecule is CCOc1ccc(C)cc1C(C)NC(=O)C(=O)N1CCCCC1CC. The molecule has 1 aliphatic rings. The van der Waals surface area contributed by atoms with Gasteiger partial charge in [-0.15, -0.1) is 0 Å². The van der Waals surface area contributed by atoms with Gasteiger partial charge < -0.3 is 15.0 Å². The number of benzene rings is 1. The average molecular weight is 346 g/mol. The Hall–Kier alpha value is -2.04. The van der Waals surface area contributed by atoms with Crippen LogP contribution in [0.3, 0.4) is 0 Å². The molecule has 0 bridgehead atoms. The first kappa shape index (κ1) is 19.3. The van der Waals surface area contributed by atoms with Crippen molar-refractivity contribution in [2.24, 2.45) is 0 Å². The van der Waals surface area contributed by atoms with Gasteiger partial charge in [-0.05, 0) is 52.5 Å². The molecular weight excluding hydrogens is 316 g/mol. The van der Waals surface area contributed by atoms with Crippen LogP contribution in [0.25, 0.3) is 0 Å². The monoisotopic (exact) mass is 346 g/mol. The zero-order chi connectivity index (χ0) is 18.4. The number of nitrogens with one attached hydrogen (secondary N) is 1. The number of nitrogens with zero attached hydrogens (tertiary/aromatic N) is 1. The summed E-state index contributed by atoms with van der Waals surface area (Å²) in [7, 11) is 0. The second kappa shape index (κ2) is 8.88. The topological polar surface area (TPSA) is 58.6 Å². The van der Waals surface area contributed by atoms with E-state index in [2.05, 4.69) is 12.2 Å². The van der Waals surface area contributed by atoms with Crippen molar-refractivity contribution in [1.29, 1.82) is 0 Å². The minimum absolute atomic E-state index is 0.181. The Labute approximate surface area is 150 Å². The molecule has 2 amide bonds. The van der Waals surface area contributed by atoms with E-state index in [1.807, 2.05) is 39.0 Å². The summed E-state index contributed by atoms with van der Waals surface area (Å²) in [6.07, 6.45) is 3.97. The first-order valence-corrected chi connectivity index (χ1v) is 9.32. The summed E-state index contributed by atoms with van der Waals surface area (Å²) in [4.78, 5) is 26.8. The second-order valence-electron chi connectivity index (χ2n) is 6.73. The Kier molecular flexibility index (Phi) is 6.85. The molecule has 5 heteroatoms. The Morgan fingerprint density at radius 2 is 2.08 bits per heavy atom. The van der Waals surface area contributed by atoms with E-state index < -0.39 is 11.8 Å². The lowest BCUT2D eigenvalue weighted by Crippen LogP contribution is -2.50. The highest BCUT2D eigenvalue weighted by atomic mass is 16.5. The van der Waals surface area contributed by atoms with Crippen molar-refractivity contribution >= 4 is 11.8 Å². The van der Waals surface area contributed by atoms with E-state index in [1.165, 1.54) is 0 Å². The molecule has 0 saturated carbocycles. The molecular formula is C20H30N2O3. The average Bonchev–Trinajstić information content (AvgIpc) is 2.62. The Bertz CT molecular complexity index is 615. The number of ether oxygens (including phenoxy) is 1. The number of aryl methyl sites for hydroxylation is 1. The predicted molar refractivity (Wildman–Crippen MR) is 98.5 cm³/mol. The summed E-state index contributed by atoms with van der Waals surface area (Å²) in [6.45, 7) is 9.11. The molecule has 25 heavy (non-hydrogen) atoms. The molecule has 1 N–H and O–H groups in total. The molecule has 2 rings (SSSR count). The van der Waals surface area contributed by atoms with E-state index in [-0.39, 0.29) is 12.1 Å². The summed E-state index contributed by atoms with van der Waals surface area (Å²) < 4.78 is 5.66. The van der Waals surface area contributed by atoms with Gasteiger partial charge in [-0.25, -0.2) is 0 Å². The lowest BCUT2D eigenvalue weighted by atomic mass is 9.99. The fourth-order valence-electron chi connectivity index (χ4n) is 3.45. The van der Waals surface area contributed by atoms with Crippen molar-refractivity contribution in [3.8, 4) is 5.75 Å². The quantitative estimate of drug-likeness (QED) is 0.832. The maximum absolute atomic E-state index is 12.6. The molecule has 0 aromatic heterocycles. The van der Waals surface area contributed by atoms with Crippen LogP contribution in [0.5, 0.6) is 5.75 Å². The summed E-state index contributed by atoms with van der Waals surface area (Å²) in [5.74, 6) is -0.196. The summed E-state index contributed by atoms with van der Waals surface area (Å²) in [5.41, 5.74) is 1.99. The molecule has 1 aromatic rings. The Morgan fingerprint density at radius 1 is 1.32 bits per heavy atom. The van der Waals surface area contributed by atoms with Gasteiger partial charge in [0.2, 0.25) is 0 Å². The summed E-state index contributed by atoms with van der Waals surface area (Å²) >= 11 is 0. The molecule has 1 aliphatic heterocycles. The van der Waals surface area contributed by atoms with Crippen LogP contribution >= 0.6 is 0 Å². The fourth-order valence-corrected chi connectivity index (χ4v) is 3.45. The normalized spacial score (nSPS) is 18.6. The molecule has 1 heterocycles. The van der Waals surface area contributed by atoms with Gasteiger partial charge in [0.05, 0.1) is 12.6 Å². The maximum Gasteiger partial charge on any atom is 0.312 e. The minimum atomic E-state index is -0.531. The number of carbonyl (C=O) groups is 2. The second-order valence-corrected chi connectivity index (χ2v) is 6.73. The first-order chi connectivity index (χ1) is 12.0. The molecule has 0 aliphatic carbocycles. The molecule has 138 valence electrons. The molecule has 0 spiro atoms. The molecule has 0 radical (unpaired) electrons. The van der Waals surface area contributed by atoms with Gasteiger partial charge in [0.25, 0.3) is 0 Å². The molecule has 2 unspecified atom stereocenters. The van der Waals surface area contributed by atoms with Crippen molar-refractivity contribution in [3.05, 3.63) is 29.3 Å². The molecule has 5 nitrogen and oxygen atoms in total. The molecule has 1 saturated heterocycles. The van der Waals surface area contributed by atoms with Gasteiger partial charge in [-0.2, -0.15) is 0 Å². The van der Waals surface area contributed by atoms with Crippen molar-refractivity contribution in [1.82, 2.24) is 10.2 Å². The van der Waals surface area contributed by atoms with E-state index in [0.717, 1.165) is 42.6 Å². The van der Waals surface area contributed by atoms with Crippen LogP contribution in [-0.4, -0.2) is 35.9 Å². The highest BCUT2D eigenvalue weighted by Gasteiger charge is 2.30. The first-order valence-electron chi connectivity index (χ1n) is 9.32. The predicted octanol–water partition coefficient (Wildman–Crippen LogP) is 3.36. The lowest BCUT2D eigenvalue weighted by molar-refractivity contribution is -0.148. The standard InChI is InChI=1S/C20H30N2O3/c1-5-16-9-7-8-12-22(16)20(24)19(23)21-15(4)17-13-14(3)10-11-18(17)25-6-2/h10-11,13,15-16H,5-9,12H2,1-4H3,(H,21,23). The van der Waals surface area contributed by atoms with Crippen molar-refractivity contribution in [2.75, 3.05) is 13.2 Å². The van der Waals surface area contributed by atoms with Gasteiger partial charge in [0.15, 0.2) is 0 Å². The van der Waals surface area contributed by atoms with Crippen molar-refractivity contribution in [2.45, 2.75) is 65.5 Å². The van der Waals surface area contributed by atoms with E-state index in [9.17, 15) is 9.59 Å². The zero-order valence-corrected chi connectivity index (χ0v) is 15.8. The van der Waals surface area contributed by atoms with Gasteiger partial charge in [-0.3, -0.25) is 9.59 Å². The smallest absolute Gasteiger partial charge is 0.312 e. The van der Waals surface area contributed by atoms with Gasteiger partial charge in [-0.1, -0.05) is 24.6 Å². The summed E-state index contributed by atoms with van der Waals surface area (Å²) in [5, 5.41) is 2.85. The van der Waals surface area contributed by atoms with Gasteiger partial charge in [0.1, 0.15) is 5.75 Å². The van der Waals surface area contributed by atoms with Crippen LogP contribution in [0.4, 0.5) is 0 Å². The van der Waals surface area contributed by atoms with Crippen LogP contribution in [0.2, 0.25) is 0 Å². The van der Waals surface area contributed by atoms with Crippen LogP contribution in [0.1, 0.15) is 63.6 Å². The highest BCUT2D eigenvalue weighted by molar-refractivity contribution is 6.35. The number of hydrogen-bond acceptors (Lipinski definition) is 3. The fraction of sp³-hybridized carbons (Fsp3) is 0.600. The third-order valence-electron chi connectivity index (χ3n) is 4.83. The van der Waals surface area contributed by atoms with Crippen LogP contribution in [0.15, 0.2) is 18.2 Å². The minimum Gasteiger partial charge on any atom is -0.494 e. The number of rotatable bonds is 5. The lowest BCUT2D eigenvalue weighted by Gasteiger charge is -2.35. The third-order valence-corrected chi connectivity index (χ3v) is 4.83. The Balaban J connectivity index is 2.09. The largest absolute Gasteiger partial charge is 0.494 e. The summed E-state index contributed by atoms with van der Waals surface area (Å²) in [6, 6.07) is 5.78. The number of hydrogen-bond donors (Lipinski definition) is 1. The maximum atomic E-state index is 12.6. The van der Waals surface area contributed by atoms with E-state index in [0.29, 0.717) is 13.2 Å². The number of likely N-dealkylation sites (tertiary alicyclic amines) is 1. The molecule has 1 fully saturated rings. The number of piperidine rings is 1. The third kappa shape index (κ3) is 4.74. The number of amides is 2. The van der Waals surface area contributed by atoms with Crippen LogP contribution in [0, 0.1) is 6.92 Å². The zero-order valence-electron chi connectivity index (χ0n) is 15.8. The van der Waals surface area contributed by atoms with E-state index >= 15 is 0 Å². The van der Waals surface area contributed by atoms with Crippen LogP contribution < -0.4 is 10.1 Å².